The van der Waals surface area contributed by atoms with Gasteiger partial charge in [-0.25, -0.2) is 4.39 Å². The number of carbonyl (C=O) groups excluding carboxylic acids is 2. The molecule has 152 valence electrons. The zero-order chi connectivity index (χ0) is 20.1. The minimum Gasteiger partial charge on any atom is -0.368 e. The van der Waals surface area contributed by atoms with Gasteiger partial charge in [-0.2, -0.15) is 0 Å². The minimum atomic E-state index is -0.880. The largest absolute Gasteiger partial charge is 0.368 e. The lowest BCUT2D eigenvalue weighted by atomic mass is 9.89. The predicted octanol–water partition coefficient (Wildman–Crippen LogP) is 1.80. The van der Waals surface area contributed by atoms with Gasteiger partial charge in [0.15, 0.2) is 0 Å². The molecule has 2 heterocycles. The molecule has 0 aliphatic carbocycles. The van der Waals surface area contributed by atoms with Crippen molar-refractivity contribution in [1.82, 2.24) is 9.80 Å². The first-order valence-corrected chi connectivity index (χ1v) is 9.75. The Morgan fingerprint density at radius 1 is 1.25 bits per heavy atom. The average Bonchev–Trinajstić information content (AvgIpc) is 3.20. The first-order chi connectivity index (χ1) is 13.4. The summed E-state index contributed by atoms with van der Waals surface area (Å²) in [5.74, 6) is -0.802. The molecular weight excluding hydrogens is 361 g/mol. The third-order valence-electron chi connectivity index (χ3n) is 5.83. The van der Waals surface area contributed by atoms with E-state index < -0.39 is 17.6 Å². The Hall–Kier alpha value is -2.25. The van der Waals surface area contributed by atoms with Crippen molar-refractivity contribution in [2.24, 2.45) is 5.73 Å². The number of piperidine rings is 1. The van der Waals surface area contributed by atoms with Crippen LogP contribution in [0.15, 0.2) is 30.3 Å². The van der Waals surface area contributed by atoms with Gasteiger partial charge in [0.1, 0.15) is 17.5 Å². The first kappa shape index (κ1) is 20.5. The molecule has 2 amide bonds. The molecule has 28 heavy (non-hydrogen) atoms. The Balaban J connectivity index is 1.56. The second kappa shape index (κ2) is 8.84. The van der Waals surface area contributed by atoms with Crippen molar-refractivity contribution in [2.45, 2.75) is 37.3 Å². The van der Waals surface area contributed by atoms with Gasteiger partial charge in [-0.05, 0) is 43.4 Å². The van der Waals surface area contributed by atoms with Crippen LogP contribution in [0.1, 0.15) is 31.2 Å². The van der Waals surface area contributed by atoms with Gasteiger partial charge in [0.05, 0.1) is 0 Å². The minimum absolute atomic E-state index is 0.113. The molecule has 2 N–H and O–H groups in total. The molecule has 0 saturated carbocycles. The van der Waals surface area contributed by atoms with Gasteiger partial charge in [-0.15, -0.1) is 0 Å². The van der Waals surface area contributed by atoms with E-state index in [2.05, 4.69) is 4.90 Å². The second-order valence-electron chi connectivity index (χ2n) is 7.51. The van der Waals surface area contributed by atoms with Crippen molar-refractivity contribution in [3.8, 4) is 0 Å². The molecule has 1 aromatic carbocycles. The van der Waals surface area contributed by atoms with Crippen molar-refractivity contribution in [2.75, 3.05) is 33.3 Å². The lowest BCUT2D eigenvalue weighted by Crippen LogP contribution is -2.58. The molecule has 0 spiro atoms. The summed E-state index contributed by atoms with van der Waals surface area (Å²) in [4.78, 5) is 28.6. The normalized spacial score (nSPS) is 22.6. The summed E-state index contributed by atoms with van der Waals surface area (Å²) in [7, 11) is 1.57. The Morgan fingerprint density at radius 2 is 1.93 bits per heavy atom. The van der Waals surface area contributed by atoms with Crippen LogP contribution in [0.2, 0.25) is 0 Å². The fraction of sp³-hybridized carbons (Fsp3) is 0.524. The number of amides is 2. The lowest BCUT2D eigenvalue weighted by Gasteiger charge is -2.42. The van der Waals surface area contributed by atoms with Crippen LogP contribution in [0.5, 0.6) is 0 Å². The Kier molecular flexibility index (Phi) is 6.46. The molecule has 6 nitrogen and oxygen atoms in total. The van der Waals surface area contributed by atoms with E-state index >= 15 is 0 Å². The van der Waals surface area contributed by atoms with Gasteiger partial charge in [0.2, 0.25) is 5.91 Å². The van der Waals surface area contributed by atoms with Crippen LogP contribution in [0.3, 0.4) is 0 Å². The molecule has 3 rings (SSSR count). The maximum Gasteiger partial charge on any atom is 0.255 e. The number of primary amides is 1. The van der Waals surface area contributed by atoms with E-state index in [4.69, 9.17) is 10.5 Å². The molecule has 0 aromatic heterocycles. The van der Waals surface area contributed by atoms with Gasteiger partial charge in [-0.3, -0.25) is 14.5 Å². The summed E-state index contributed by atoms with van der Waals surface area (Å²) in [6.45, 7) is 2.76. The quantitative estimate of drug-likeness (QED) is 0.805. The van der Waals surface area contributed by atoms with E-state index in [1.807, 2.05) is 12.2 Å². The Labute approximate surface area is 165 Å². The fourth-order valence-electron chi connectivity index (χ4n) is 4.08. The number of nitrogens with zero attached hydrogens (tertiary/aromatic N) is 2. The van der Waals surface area contributed by atoms with Gasteiger partial charge < -0.3 is 15.4 Å². The van der Waals surface area contributed by atoms with Crippen LogP contribution in [-0.4, -0.2) is 66.5 Å². The zero-order valence-electron chi connectivity index (χ0n) is 16.3. The average molecular weight is 389 g/mol. The third kappa shape index (κ3) is 4.42. The molecule has 0 bridgehead atoms. The van der Waals surface area contributed by atoms with E-state index in [0.29, 0.717) is 25.8 Å². The highest BCUT2D eigenvalue weighted by molar-refractivity contribution is 5.91. The van der Waals surface area contributed by atoms with Crippen LogP contribution < -0.4 is 5.73 Å². The molecule has 2 aliphatic rings. The number of ether oxygens (including phenoxy) is 1. The van der Waals surface area contributed by atoms with E-state index in [1.165, 1.54) is 12.1 Å². The van der Waals surface area contributed by atoms with Crippen LogP contribution in [-0.2, 0) is 14.3 Å². The smallest absolute Gasteiger partial charge is 0.255 e. The van der Waals surface area contributed by atoms with Crippen molar-refractivity contribution in [3.05, 3.63) is 41.7 Å². The topological polar surface area (TPSA) is 75.9 Å². The second-order valence-corrected chi connectivity index (χ2v) is 7.51. The summed E-state index contributed by atoms with van der Waals surface area (Å²) in [6.07, 6.45) is 6.58. The summed E-state index contributed by atoms with van der Waals surface area (Å²) >= 11 is 0. The van der Waals surface area contributed by atoms with Crippen molar-refractivity contribution < 1.29 is 18.7 Å². The van der Waals surface area contributed by atoms with Gasteiger partial charge in [0, 0.05) is 33.3 Å². The lowest BCUT2D eigenvalue weighted by molar-refractivity contribution is -0.163. The molecule has 0 radical (unpaired) electrons. The molecule has 0 unspecified atom stereocenters. The van der Waals surface area contributed by atoms with Crippen molar-refractivity contribution in [3.63, 3.8) is 0 Å². The number of hydrogen-bond donors (Lipinski definition) is 1. The SMILES string of the molecule is COC1(C(=O)N2CCC[C@@H]2C(N)=O)CCN(C/C=C/c2ccc(F)cc2)CC1. The van der Waals surface area contributed by atoms with Gasteiger partial charge in [-0.1, -0.05) is 24.3 Å². The summed E-state index contributed by atoms with van der Waals surface area (Å²) in [5, 5.41) is 0. The van der Waals surface area contributed by atoms with Gasteiger partial charge in [0.25, 0.3) is 5.91 Å². The Bertz CT molecular complexity index is 727. The number of hydrogen-bond acceptors (Lipinski definition) is 4. The molecule has 1 atom stereocenters. The molecule has 2 aliphatic heterocycles. The maximum absolute atomic E-state index is 13.1. The molecular formula is C21H28FN3O3. The van der Waals surface area contributed by atoms with Crippen LogP contribution in [0.4, 0.5) is 4.39 Å². The molecule has 2 fully saturated rings. The van der Waals surface area contributed by atoms with Crippen molar-refractivity contribution in [1.29, 1.82) is 0 Å². The van der Waals surface area contributed by atoms with E-state index in [1.54, 1.807) is 24.1 Å². The van der Waals surface area contributed by atoms with Crippen LogP contribution >= 0.6 is 0 Å². The fourth-order valence-corrected chi connectivity index (χ4v) is 4.08. The number of carbonyl (C=O) groups is 2. The number of benzene rings is 1. The highest BCUT2D eigenvalue weighted by Gasteiger charge is 2.47. The molecule has 1 aromatic rings. The molecule has 7 heteroatoms. The van der Waals surface area contributed by atoms with E-state index in [9.17, 15) is 14.0 Å². The summed E-state index contributed by atoms with van der Waals surface area (Å²) in [6, 6.07) is 5.84. The first-order valence-electron chi connectivity index (χ1n) is 9.75. The highest BCUT2D eigenvalue weighted by atomic mass is 19.1. The summed E-state index contributed by atoms with van der Waals surface area (Å²) in [5.41, 5.74) is 5.53. The van der Waals surface area contributed by atoms with Crippen LogP contribution in [0, 0.1) is 5.82 Å². The summed E-state index contributed by atoms with van der Waals surface area (Å²) < 4.78 is 18.6. The number of methoxy groups -OCH3 is 1. The Morgan fingerprint density at radius 3 is 2.54 bits per heavy atom. The highest BCUT2D eigenvalue weighted by Crippen LogP contribution is 2.31. The number of rotatable bonds is 6. The number of nitrogens with two attached hydrogens (primary N) is 1. The maximum atomic E-state index is 13.1. The number of halogens is 1. The van der Waals surface area contributed by atoms with Crippen LogP contribution in [0.25, 0.3) is 6.08 Å². The predicted molar refractivity (Wildman–Crippen MR) is 105 cm³/mol. The standard InChI is InChI=1S/C21H28FN3O3/c1-28-21(20(27)25-13-3-5-18(25)19(23)26)10-14-24(15-11-21)12-2-4-16-6-8-17(22)9-7-16/h2,4,6-9,18H,3,5,10-15H2,1H3,(H2,23,26)/b4-2+/t18-/m1/s1. The number of likely N-dealkylation sites (tertiary alicyclic amines) is 2. The van der Waals surface area contributed by atoms with E-state index in [0.717, 1.165) is 31.6 Å². The van der Waals surface area contributed by atoms with Gasteiger partial charge >= 0.3 is 0 Å². The molecule has 2 saturated heterocycles. The zero-order valence-corrected chi connectivity index (χ0v) is 16.3. The van der Waals surface area contributed by atoms with Crippen molar-refractivity contribution >= 4 is 17.9 Å². The van der Waals surface area contributed by atoms with E-state index in [-0.39, 0.29) is 11.7 Å². The third-order valence-corrected chi connectivity index (χ3v) is 5.83. The monoisotopic (exact) mass is 389 g/mol.